The Morgan fingerprint density at radius 3 is 2.33 bits per heavy atom. The minimum atomic E-state index is 0.0786. The van der Waals surface area contributed by atoms with Gasteiger partial charge in [0.15, 0.2) is 0 Å². The highest BCUT2D eigenvalue weighted by Gasteiger charge is 2.22. The van der Waals surface area contributed by atoms with Gasteiger partial charge in [-0.3, -0.25) is 9.59 Å². The molecule has 2 amide bonds. The normalized spacial score (nSPS) is 15.4. The number of aromatic nitrogens is 1. The molecule has 0 N–H and O–H groups in total. The van der Waals surface area contributed by atoms with Crippen LogP contribution in [0.4, 0.5) is 0 Å². The maximum atomic E-state index is 12.1. The Bertz CT molecular complexity index is 502. The molecule has 0 aromatic carbocycles. The van der Waals surface area contributed by atoms with Crippen LogP contribution < -0.4 is 0 Å². The van der Waals surface area contributed by atoms with Crippen LogP contribution in [-0.2, 0) is 15.3 Å². The number of nitrogens with zero attached hydrogens (tertiary/aromatic N) is 3. The number of thioether (sulfide) groups is 1. The van der Waals surface area contributed by atoms with Crippen LogP contribution in [0.5, 0.6) is 0 Å². The Kier molecular flexibility index (Phi) is 5.27. The van der Waals surface area contributed by atoms with Crippen molar-refractivity contribution in [2.24, 2.45) is 0 Å². The first-order chi connectivity index (χ1) is 9.99. The summed E-state index contributed by atoms with van der Waals surface area (Å²) in [6.07, 6.45) is 0. The molecular weight excluding hydrogens is 290 g/mol. The van der Waals surface area contributed by atoms with E-state index in [4.69, 9.17) is 4.52 Å². The van der Waals surface area contributed by atoms with Crippen molar-refractivity contribution >= 4 is 23.6 Å². The van der Waals surface area contributed by atoms with Crippen molar-refractivity contribution in [3.63, 3.8) is 0 Å². The van der Waals surface area contributed by atoms with E-state index in [1.165, 1.54) is 0 Å². The molecule has 0 unspecified atom stereocenters. The molecule has 0 spiro atoms. The van der Waals surface area contributed by atoms with Gasteiger partial charge in [0.1, 0.15) is 5.76 Å². The average molecular weight is 311 g/mol. The standard InChI is InChI=1S/C14H21N3O3S/c1-10-13(11(2)20-15-10)8-21-9-14(19)17-6-4-16(5-7-17)12(3)18/h4-9H2,1-3H3. The van der Waals surface area contributed by atoms with E-state index in [-0.39, 0.29) is 11.8 Å². The third kappa shape index (κ3) is 4.00. The van der Waals surface area contributed by atoms with Gasteiger partial charge in [-0.15, -0.1) is 11.8 Å². The first kappa shape index (κ1) is 15.9. The number of piperazine rings is 1. The third-order valence-electron chi connectivity index (χ3n) is 3.73. The summed E-state index contributed by atoms with van der Waals surface area (Å²) in [5.74, 6) is 2.22. The summed E-state index contributed by atoms with van der Waals surface area (Å²) in [6.45, 7) is 7.89. The highest BCUT2D eigenvalue weighted by Crippen LogP contribution is 2.19. The number of hydrogen-bond acceptors (Lipinski definition) is 5. The zero-order valence-electron chi connectivity index (χ0n) is 12.7. The minimum absolute atomic E-state index is 0.0786. The van der Waals surface area contributed by atoms with Crippen LogP contribution in [0.1, 0.15) is 23.9 Å². The second kappa shape index (κ2) is 6.98. The molecular formula is C14H21N3O3S. The number of carbonyl (C=O) groups is 2. The molecule has 1 aliphatic rings. The van der Waals surface area contributed by atoms with Crippen LogP contribution in [0.15, 0.2) is 4.52 Å². The first-order valence-corrected chi connectivity index (χ1v) is 8.17. The number of rotatable bonds is 4. The van der Waals surface area contributed by atoms with Crippen molar-refractivity contribution in [3.8, 4) is 0 Å². The predicted molar refractivity (Wildman–Crippen MR) is 81.0 cm³/mol. The monoisotopic (exact) mass is 311 g/mol. The molecule has 6 nitrogen and oxygen atoms in total. The maximum absolute atomic E-state index is 12.1. The first-order valence-electron chi connectivity index (χ1n) is 7.02. The maximum Gasteiger partial charge on any atom is 0.232 e. The SMILES string of the molecule is CC(=O)N1CCN(C(=O)CSCc2c(C)noc2C)CC1. The molecule has 0 radical (unpaired) electrons. The highest BCUT2D eigenvalue weighted by atomic mass is 32.2. The van der Waals surface area contributed by atoms with Crippen molar-refractivity contribution in [2.45, 2.75) is 26.5 Å². The van der Waals surface area contributed by atoms with E-state index in [0.29, 0.717) is 31.9 Å². The zero-order chi connectivity index (χ0) is 15.4. The van der Waals surface area contributed by atoms with Gasteiger partial charge in [-0.2, -0.15) is 0 Å². The minimum Gasteiger partial charge on any atom is -0.361 e. The molecule has 0 bridgehead atoms. The molecule has 0 saturated carbocycles. The average Bonchev–Trinajstić information content (AvgIpc) is 2.79. The molecule has 2 rings (SSSR count). The Morgan fingerprint density at radius 1 is 1.19 bits per heavy atom. The molecule has 2 heterocycles. The predicted octanol–water partition coefficient (Wildman–Crippen LogP) is 1.22. The van der Waals surface area contributed by atoms with E-state index in [2.05, 4.69) is 5.16 Å². The summed E-state index contributed by atoms with van der Waals surface area (Å²) < 4.78 is 5.11. The topological polar surface area (TPSA) is 66.7 Å². The molecule has 1 fully saturated rings. The zero-order valence-corrected chi connectivity index (χ0v) is 13.5. The molecule has 1 aliphatic heterocycles. The van der Waals surface area contributed by atoms with Crippen LogP contribution in [0.3, 0.4) is 0 Å². The van der Waals surface area contributed by atoms with Gasteiger partial charge >= 0.3 is 0 Å². The van der Waals surface area contributed by atoms with Gasteiger partial charge in [-0.05, 0) is 13.8 Å². The third-order valence-corrected chi connectivity index (χ3v) is 4.67. The Hall–Kier alpha value is -1.50. The molecule has 1 aromatic heterocycles. The second-order valence-corrected chi connectivity index (χ2v) is 6.17. The largest absolute Gasteiger partial charge is 0.361 e. The molecule has 1 aromatic rings. The van der Waals surface area contributed by atoms with E-state index < -0.39 is 0 Å². The van der Waals surface area contributed by atoms with E-state index in [1.54, 1.807) is 23.6 Å². The smallest absolute Gasteiger partial charge is 0.232 e. The number of amides is 2. The Labute approximate surface area is 128 Å². The lowest BCUT2D eigenvalue weighted by Gasteiger charge is -2.34. The fourth-order valence-electron chi connectivity index (χ4n) is 2.31. The van der Waals surface area contributed by atoms with E-state index >= 15 is 0 Å². The van der Waals surface area contributed by atoms with E-state index in [0.717, 1.165) is 22.8 Å². The van der Waals surface area contributed by atoms with Crippen LogP contribution >= 0.6 is 11.8 Å². The summed E-state index contributed by atoms with van der Waals surface area (Å²) in [5, 5.41) is 3.91. The lowest BCUT2D eigenvalue weighted by molar-refractivity contribution is -0.136. The van der Waals surface area contributed by atoms with Gasteiger partial charge in [0, 0.05) is 44.4 Å². The van der Waals surface area contributed by atoms with Crippen molar-refractivity contribution in [1.82, 2.24) is 15.0 Å². The van der Waals surface area contributed by atoms with E-state index in [9.17, 15) is 9.59 Å². The quantitative estimate of drug-likeness (QED) is 0.836. The van der Waals surface area contributed by atoms with Gasteiger partial charge in [-0.1, -0.05) is 5.16 Å². The summed E-state index contributed by atoms with van der Waals surface area (Å²) in [7, 11) is 0. The molecule has 116 valence electrons. The lowest BCUT2D eigenvalue weighted by Crippen LogP contribution is -2.50. The van der Waals surface area contributed by atoms with Crippen LogP contribution in [0.2, 0.25) is 0 Å². The van der Waals surface area contributed by atoms with Gasteiger partial charge < -0.3 is 14.3 Å². The van der Waals surface area contributed by atoms with Crippen LogP contribution in [-0.4, -0.2) is 58.7 Å². The fraction of sp³-hybridized carbons (Fsp3) is 0.643. The number of carbonyl (C=O) groups excluding carboxylic acids is 2. The van der Waals surface area contributed by atoms with Gasteiger partial charge in [-0.25, -0.2) is 0 Å². The number of aryl methyl sites for hydroxylation is 2. The Morgan fingerprint density at radius 2 is 1.81 bits per heavy atom. The van der Waals surface area contributed by atoms with Gasteiger partial charge in [0.05, 0.1) is 11.4 Å². The molecule has 1 saturated heterocycles. The summed E-state index contributed by atoms with van der Waals surface area (Å²) in [4.78, 5) is 27.0. The van der Waals surface area contributed by atoms with Gasteiger partial charge in [0.25, 0.3) is 0 Å². The van der Waals surface area contributed by atoms with E-state index in [1.807, 2.05) is 18.7 Å². The summed E-state index contributed by atoms with van der Waals surface area (Å²) >= 11 is 1.58. The fourth-order valence-corrected chi connectivity index (χ4v) is 3.39. The van der Waals surface area contributed by atoms with Gasteiger partial charge in [0.2, 0.25) is 11.8 Å². The highest BCUT2D eigenvalue weighted by molar-refractivity contribution is 7.99. The van der Waals surface area contributed by atoms with Crippen molar-refractivity contribution in [1.29, 1.82) is 0 Å². The molecule has 7 heteroatoms. The van der Waals surface area contributed by atoms with Crippen LogP contribution in [0, 0.1) is 13.8 Å². The molecule has 0 aliphatic carbocycles. The second-order valence-electron chi connectivity index (χ2n) is 5.18. The lowest BCUT2D eigenvalue weighted by atomic mass is 10.2. The Balaban J connectivity index is 1.74. The number of hydrogen-bond donors (Lipinski definition) is 0. The summed E-state index contributed by atoms with van der Waals surface area (Å²) in [6, 6.07) is 0. The molecule has 0 atom stereocenters. The summed E-state index contributed by atoms with van der Waals surface area (Å²) in [5.41, 5.74) is 1.97. The van der Waals surface area contributed by atoms with Crippen LogP contribution in [0.25, 0.3) is 0 Å². The van der Waals surface area contributed by atoms with Crippen molar-refractivity contribution < 1.29 is 14.1 Å². The van der Waals surface area contributed by atoms with Crippen molar-refractivity contribution in [3.05, 3.63) is 17.0 Å². The molecule has 21 heavy (non-hydrogen) atoms. The van der Waals surface area contributed by atoms with Crippen molar-refractivity contribution in [2.75, 3.05) is 31.9 Å².